The number of piperidine rings is 1. The Morgan fingerprint density at radius 2 is 1.71 bits per heavy atom. The molecule has 3 rings (SSSR count). The highest BCUT2D eigenvalue weighted by Gasteiger charge is 2.27. The third kappa shape index (κ3) is 4.98. The topological polar surface area (TPSA) is 60.9 Å². The highest BCUT2D eigenvalue weighted by molar-refractivity contribution is 5.94. The summed E-state index contributed by atoms with van der Waals surface area (Å²) in [4.78, 5) is 28.3. The lowest BCUT2D eigenvalue weighted by Gasteiger charge is -2.38. The second-order valence-electron chi connectivity index (χ2n) is 7.37. The van der Waals surface area contributed by atoms with Gasteiger partial charge in [-0.25, -0.2) is 4.79 Å². The molecule has 1 aliphatic heterocycles. The summed E-state index contributed by atoms with van der Waals surface area (Å²) in [5.74, 6) is -0.785. The van der Waals surface area contributed by atoms with Gasteiger partial charge in [-0.05, 0) is 55.6 Å². The van der Waals surface area contributed by atoms with Crippen LogP contribution >= 0.6 is 0 Å². The quantitative estimate of drug-likeness (QED) is 0.791. The van der Waals surface area contributed by atoms with Gasteiger partial charge in [0.1, 0.15) is 0 Å². The van der Waals surface area contributed by atoms with E-state index in [4.69, 9.17) is 0 Å². The van der Waals surface area contributed by atoms with E-state index in [9.17, 15) is 14.7 Å². The van der Waals surface area contributed by atoms with E-state index in [0.29, 0.717) is 11.6 Å². The van der Waals surface area contributed by atoms with Crippen molar-refractivity contribution in [2.45, 2.75) is 38.8 Å². The third-order valence-electron chi connectivity index (χ3n) is 5.36. The molecule has 5 heteroatoms. The van der Waals surface area contributed by atoms with Crippen LogP contribution in [0, 0.1) is 0 Å². The molecule has 1 N–H and O–H groups in total. The summed E-state index contributed by atoms with van der Waals surface area (Å²) < 4.78 is 0. The fourth-order valence-corrected chi connectivity index (χ4v) is 3.91. The highest BCUT2D eigenvalue weighted by Crippen LogP contribution is 2.21. The van der Waals surface area contributed by atoms with E-state index in [1.54, 1.807) is 12.1 Å². The number of rotatable bonds is 7. The summed E-state index contributed by atoms with van der Waals surface area (Å²) in [6, 6.07) is 17.1. The lowest BCUT2D eigenvalue weighted by atomic mass is 10.0. The predicted octanol–water partition coefficient (Wildman–Crippen LogP) is 3.90. The molecule has 1 saturated heterocycles. The molecule has 5 nitrogen and oxygen atoms in total. The number of hydrogen-bond donors (Lipinski definition) is 1. The Labute approximate surface area is 166 Å². The van der Waals surface area contributed by atoms with Crippen LogP contribution in [0.1, 0.15) is 52.5 Å². The van der Waals surface area contributed by atoms with E-state index < -0.39 is 5.97 Å². The van der Waals surface area contributed by atoms with Gasteiger partial charge in [0.2, 0.25) is 0 Å². The number of carboxylic acids is 1. The molecular formula is C23H28N2O3. The number of benzene rings is 2. The maximum atomic E-state index is 12.7. The number of hydrogen-bond acceptors (Lipinski definition) is 3. The van der Waals surface area contributed by atoms with E-state index in [0.717, 1.165) is 56.6 Å². The minimum absolute atomic E-state index is 0.107. The minimum atomic E-state index is -0.892. The Hall–Kier alpha value is -2.66. The van der Waals surface area contributed by atoms with Crippen LogP contribution in [0.3, 0.4) is 0 Å². The average Bonchev–Trinajstić information content (AvgIpc) is 2.74. The Bertz CT molecular complexity index is 799. The number of carbonyl (C=O) groups is 2. The highest BCUT2D eigenvalue weighted by atomic mass is 16.4. The smallest absolute Gasteiger partial charge is 0.335 e. The Balaban J connectivity index is 1.62. The van der Waals surface area contributed by atoms with Crippen LogP contribution in [0.5, 0.6) is 0 Å². The Morgan fingerprint density at radius 1 is 1.04 bits per heavy atom. The Kier molecular flexibility index (Phi) is 6.82. The van der Waals surface area contributed by atoms with E-state index >= 15 is 0 Å². The molecule has 0 atom stereocenters. The summed E-state index contributed by atoms with van der Waals surface area (Å²) in [6.07, 6.45) is 2.93. The zero-order valence-electron chi connectivity index (χ0n) is 16.4. The van der Waals surface area contributed by atoms with Crippen molar-refractivity contribution in [2.75, 3.05) is 19.6 Å². The minimum Gasteiger partial charge on any atom is -0.478 e. The lowest BCUT2D eigenvalue weighted by molar-refractivity contribution is 0.0607. The van der Waals surface area contributed by atoms with Gasteiger partial charge in [0.25, 0.3) is 5.91 Å². The molecule has 0 aliphatic carbocycles. The molecular weight excluding hydrogens is 352 g/mol. The second kappa shape index (κ2) is 9.51. The lowest BCUT2D eigenvalue weighted by Crippen LogP contribution is -2.46. The van der Waals surface area contributed by atoms with Gasteiger partial charge >= 0.3 is 5.97 Å². The van der Waals surface area contributed by atoms with Gasteiger partial charge < -0.3 is 10.0 Å². The number of nitrogens with zero attached hydrogens (tertiary/aromatic N) is 2. The third-order valence-corrected chi connectivity index (χ3v) is 5.36. The summed E-state index contributed by atoms with van der Waals surface area (Å²) in [6.45, 7) is 5.39. The molecule has 2 aromatic carbocycles. The fourth-order valence-electron chi connectivity index (χ4n) is 3.91. The standard InChI is InChI=1S/C23H28N2O3/c1-2-13-25(17-18-7-6-10-20(16-18)23(27)28)21-11-14-24(15-12-21)22(26)19-8-4-3-5-9-19/h3-10,16,21H,2,11-15,17H2,1H3,(H,27,28). The van der Waals surface area contributed by atoms with Gasteiger partial charge in [-0.1, -0.05) is 37.3 Å². The zero-order valence-corrected chi connectivity index (χ0v) is 16.4. The maximum Gasteiger partial charge on any atom is 0.335 e. The maximum absolute atomic E-state index is 12.7. The van der Waals surface area contributed by atoms with Crippen molar-refractivity contribution in [1.29, 1.82) is 0 Å². The molecule has 1 fully saturated rings. The number of amides is 1. The van der Waals surface area contributed by atoms with Crippen LogP contribution in [-0.4, -0.2) is 52.5 Å². The molecule has 28 heavy (non-hydrogen) atoms. The normalized spacial score (nSPS) is 15.0. The second-order valence-corrected chi connectivity index (χ2v) is 7.37. The fraction of sp³-hybridized carbons (Fsp3) is 0.391. The molecule has 2 aromatic rings. The van der Waals surface area contributed by atoms with Crippen molar-refractivity contribution in [3.05, 3.63) is 71.3 Å². The molecule has 0 aromatic heterocycles. The first-order valence-electron chi connectivity index (χ1n) is 9.99. The van der Waals surface area contributed by atoms with Gasteiger partial charge in [-0.2, -0.15) is 0 Å². The summed E-state index contributed by atoms with van der Waals surface area (Å²) >= 11 is 0. The van der Waals surface area contributed by atoms with Crippen LogP contribution in [-0.2, 0) is 6.54 Å². The van der Waals surface area contributed by atoms with Crippen LogP contribution in [0.4, 0.5) is 0 Å². The van der Waals surface area contributed by atoms with Crippen LogP contribution in [0.15, 0.2) is 54.6 Å². The molecule has 0 unspecified atom stereocenters. The first kappa shape index (κ1) is 20.1. The van der Waals surface area contributed by atoms with Gasteiger partial charge in [0, 0.05) is 31.2 Å². The summed E-state index contributed by atoms with van der Waals surface area (Å²) in [5, 5.41) is 9.22. The molecule has 1 amide bonds. The number of carboxylic acid groups (broad SMARTS) is 1. The van der Waals surface area contributed by atoms with Crippen molar-refractivity contribution in [1.82, 2.24) is 9.80 Å². The van der Waals surface area contributed by atoms with Crippen LogP contribution in [0.25, 0.3) is 0 Å². The van der Waals surface area contributed by atoms with Gasteiger partial charge in [0.05, 0.1) is 5.56 Å². The van der Waals surface area contributed by atoms with E-state index in [2.05, 4.69) is 11.8 Å². The SMILES string of the molecule is CCCN(Cc1cccc(C(=O)O)c1)C1CCN(C(=O)c2ccccc2)CC1. The van der Waals surface area contributed by atoms with E-state index in [1.807, 2.05) is 47.4 Å². The van der Waals surface area contributed by atoms with E-state index in [-0.39, 0.29) is 5.91 Å². The molecule has 0 radical (unpaired) electrons. The van der Waals surface area contributed by atoms with Crippen molar-refractivity contribution in [3.63, 3.8) is 0 Å². The number of likely N-dealkylation sites (tertiary alicyclic amines) is 1. The molecule has 1 aliphatic rings. The molecule has 0 saturated carbocycles. The predicted molar refractivity (Wildman–Crippen MR) is 109 cm³/mol. The largest absolute Gasteiger partial charge is 0.478 e. The van der Waals surface area contributed by atoms with Crippen LogP contribution < -0.4 is 0 Å². The van der Waals surface area contributed by atoms with Crippen LogP contribution in [0.2, 0.25) is 0 Å². The summed E-state index contributed by atoms with van der Waals surface area (Å²) in [5.41, 5.74) is 2.10. The van der Waals surface area contributed by atoms with E-state index in [1.165, 1.54) is 0 Å². The number of aromatic carboxylic acids is 1. The van der Waals surface area contributed by atoms with Crippen molar-refractivity contribution in [2.24, 2.45) is 0 Å². The molecule has 0 spiro atoms. The Morgan fingerprint density at radius 3 is 2.36 bits per heavy atom. The van der Waals surface area contributed by atoms with Gasteiger partial charge in [-0.15, -0.1) is 0 Å². The molecule has 0 bridgehead atoms. The van der Waals surface area contributed by atoms with Crippen molar-refractivity contribution >= 4 is 11.9 Å². The summed E-state index contributed by atoms with van der Waals surface area (Å²) in [7, 11) is 0. The van der Waals surface area contributed by atoms with Crippen molar-refractivity contribution < 1.29 is 14.7 Å². The molecule has 148 valence electrons. The van der Waals surface area contributed by atoms with Gasteiger partial charge in [-0.3, -0.25) is 9.69 Å². The zero-order chi connectivity index (χ0) is 19.9. The molecule has 1 heterocycles. The number of carbonyl (C=O) groups excluding carboxylic acids is 1. The van der Waals surface area contributed by atoms with Gasteiger partial charge in [0.15, 0.2) is 0 Å². The van der Waals surface area contributed by atoms with Crippen molar-refractivity contribution in [3.8, 4) is 0 Å². The monoisotopic (exact) mass is 380 g/mol. The average molecular weight is 380 g/mol. The first-order valence-corrected chi connectivity index (χ1v) is 9.99. The first-order chi connectivity index (χ1) is 13.6.